The molecule has 0 saturated carbocycles. The number of aromatic nitrogens is 3. The Morgan fingerprint density at radius 3 is 2.57 bits per heavy atom. The van der Waals surface area contributed by atoms with Crippen molar-refractivity contribution in [3.8, 4) is 0 Å². The summed E-state index contributed by atoms with van der Waals surface area (Å²) in [5.41, 5.74) is 0. The molecule has 1 aromatic rings. The summed E-state index contributed by atoms with van der Waals surface area (Å²) in [6, 6.07) is -0.345. The van der Waals surface area contributed by atoms with E-state index in [1.807, 2.05) is 6.92 Å². The first-order valence-corrected chi connectivity index (χ1v) is 6.92. The molecule has 9 heteroatoms. The van der Waals surface area contributed by atoms with Gasteiger partial charge in [0.1, 0.15) is 5.82 Å². The summed E-state index contributed by atoms with van der Waals surface area (Å²) in [5, 5.41) is 11.8. The summed E-state index contributed by atoms with van der Waals surface area (Å²) < 4.78 is 0. The molecule has 0 bridgehead atoms. The maximum absolute atomic E-state index is 11.9. The molecule has 116 valence electrons. The summed E-state index contributed by atoms with van der Waals surface area (Å²) in [6.45, 7) is 5.43. The second kappa shape index (κ2) is 7.02. The Labute approximate surface area is 123 Å². The van der Waals surface area contributed by atoms with Crippen LogP contribution >= 0.6 is 0 Å². The minimum absolute atomic E-state index is 0.0276. The lowest BCUT2D eigenvalue weighted by atomic mass is 10.3. The first-order chi connectivity index (χ1) is 10.1. The molecule has 1 aliphatic heterocycles. The van der Waals surface area contributed by atoms with E-state index >= 15 is 0 Å². The van der Waals surface area contributed by atoms with Crippen molar-refractivity contribution in [2.75, 3.05) is 39.8 Å². The van der Waals surface area contributed by atoms with Gasteiger partial charge in [0.15, 0.2) is 5.82 Å². The van der Waals surface area contributed by atoms with E-state index in [-0.39, 0.29) is 18.5 Å². The zero-order chi connectivity index (χ0) is 15.2. The molecule has 3 amide bonds. The van der Waals surface area contributed by atoms with E-state index in [9.17, 15) is 9.59 Å². The van der Waals surface area contributed by atoms with E-state index in [0.717, 1.165) is 24.7 Å². The Morgan fingerprint density at radius 1 is 1.29 bits per heavy atom. The number of piperazine rings is 1. The molecule has 0 aromatic carbocycles. The number of H-pyrrole nitrogens is 1. The number of carbonyl (C=O) groups excluding carboxylic acids is 2. The van der Waals surface area contributed by atoms with E-state index in [1.165, 1.54) is 7.05 Å². The van der Waals surface area contributed by atoms with Crippen molar-refractivity contribution in [2.24, 2.45) is 0 Å². The second-order valence-electron chi connectivity index (χ2n) is 4.93. The highest BCUT2D eigenvalue weighted by Crippen LogP contribution is 2.05. The number of hydrogen-bond donors (Lipinski definition) is 3. The van der Waals surface area contributed by atoms with Crippen LogP contribution in [-0.4, -0.2) is 76.7 Å². The largest absolute Gasteiger partial charge is 0.341 e. The van der Waals surface area contributed by atoms with E-state index in [1.54, 1.807) is 4.90 Å². The summed E-state index contributed by atoms with van der Waals surface area (Å²) in [5.74, 6) is 1.51. The van der Waals surface area contributed by atoms with Crippen molar-refractivity contribution in [1.82, 2.24) is 35.6 Å². The lowest BCUT2D eigenvalue weighted by molar-refractivity contribution is -0.131. The van der Waals surface area contributed by atoms with Gasteiger partial charge in [0, 0.05) is 33.2 Å². The normalized spacial score (nSPS) is 15.8. The zero-order valence-electron chi connectivity index (χ0n) is 12.3. The fourth-order valence-electron chi connectivity index (χ4n) is 2.17. The van der Waals surface area contributed by atoms with Gasteiger partial charge in [-0.1, -0.05) is 0 Å². The summed E-state index contributed by atoms with van der Waals surface area (Å²) in [6.07, 6.45) is 0. The molecule has 3 N–H and O–H groups in total. The van der Waals surface area contributed by atoms with Crippen LogP contribution in [-0.2, 0) is 11.3 Å². The van der Waals surface area contributed by atoms with Gasteiger partial charge in [-0.25, -0.2) is 9.78 Å². The van der Waals surface area contributed by atoms with Crippen LogP contribution in [0.15, 0.2) is 0 Å². The van der Waals surface area contributed by atoms with Gasteiger partial charge in [-0.15, -0.1) is 0 Å². The molecule has 21 heavy (non-hydrogen) atoms. The van der Waals surface area contributed by atoms with Crippen LogP contribution in [0.25, 0.3) is 0 Å². The van der Waals surface area contributed by atoms with Crippen molar-refractivity contribution in [1.29, 1.82) is 0 Å². The standard InChI is InChI=1S/C12H21N7O2/c1-9-15-10(17-16-9)8-18-3-5-19(6-4-18)11(20)7-14-12(21)13-2/h3-8H2,1-2H3,(H2,13,14,21)(H,15,16,17). The van der Waals surface area contributed by atoms with Crippen molar-refractivity contribution in [3.63, 3.8) is 0 Å². The van der Waals surface area contributed by atoms with E-state index in [2.05, 4.69) is 30.7 Å². The Morgan fingerprint density at radius 2 is 2.00 bits per heavy atom. The third kappa shape index (κ3) is 4.42. The van der Waals surface area contributed by atoms with Gasteiger partial charge in [-0.2, -0.15) is 5.10 Å². The van der Waals surface area contributed by atoms with Gasteiger partial charge in [-0.3, -0.25) is 14.8 Å². The van der Waals surface area contributed by atoms with Gasteiger partial charge in [0.05, 0.1) is 13.1 Å². The molecule has 0 spiro atoms. The number of nitrogens with zero attached hydrogens (tertiary/aromatic N) is 4. The molecule has 9 nitrogen and oxygen atoms in total. The van der Waals surface area contributed by atoms with Crippen LogP contribution in [0.4, 0.5) is 4.79 Å². The first-order valence-electron chi connectivity index (χ1n) is 6.92. The van der Waals surface area contributed by atoms with Crippen molar-refractivity contribution < 1.29 is 9.59 Å². The summed E-state index contributed by atoms with van der Waals surface area (Å²) in [7, 11) is 1.52. The average molecular weight is 295 g/mol. The fourth-order valence-corrected chi connectivity index (χ4v) is 2.17. The molecule has 2 heterocycles. The Hall–Kier alpha value is -2.16. The predicted molar refractivity (Wildman–Crippen MR) is 75.4 cm³/mol. The number of urea groups is 1. The van der Waals surface area contributed by atoms with Gasteiger partial charge in [-0.05, 0) is 6.92 Å². The lowest BCUT2D eigenvalue weighted by Crippen LogP contribution is -2.51. The molecule has 0 aliphatic carbocycles. The highest BCUT2D eigenvalue weighted by molar-refractivity contribution is 5.83. The van der Waals surface area contributed by atoms with Crippen LogP contribution in [0.5, 0.6) is 0 Å². The number of amides is 3. The number of carbonyl (C=O) groups is 2. The van der Waals surface area contributed by atoms with E-state index < -0.39 is 0 Å². The van der Waals surface area contributed by atoms with Crippen molar-refractivity contribution >= 4 is 11.9 Å². The molecule has 1 saturated heterocycles. The average Bonchev–Trinajstić information content (AvgIpc) is 2.90. The third-order valence-corrected chi connectivity index (χ3v) is 3.36. The van der Waals surface area contributed by atoms with Crippen molar-refractivity contribution in [3.05, 3.63) is 11.6 Å². The Bertz CT molecular complexity index is 494. The molecule has 1 fully saturated rings. The number of aryl methyl sites for hydroxylation is 1. The molecule has 1 aromatic heterocycles. The number of hydrogen-bond acceptors (Lipinski definition) is 5. The second-order valence-corrected chi connectivity index (χ2v) is 4.93. The van der Waals surface area contributed by atoms with E-state index in [0.29, 0.717) is 19.6 Å². The summed E-state index contributed by atoms with van der Waals surface area (Å²) >= 11 is 0. The highest BCUT2D eigenvalue weighted by atomic mass is 16.2. The Kier molecular flexibility index (Phi) is 5.09. The van der Waals surface area contributed by atoms with Gasteiger partial charge >= 0.3 is 6.03 Å². The topological polar surface area (TPSA) is 106 Å². The molecule has 0 unspecified atom stereocenters. The maximum Gasteiger partial charge on any atom is 0.314 e. The predicted octanol–water partition coefficient (Wildman–Crippen LogP) is -1.31. The summed E-state index contributed by atoms with van der Waals surface area (Å²) in [4.78, 5) is 31.2. The molecule has 2 rings (SSSR count). The Balaban J connectivity index is 1.72. The molecular weight excluding hydrogens is 274 g/mol. The third-order valence-electron chi connectivity index (χ3n) is 3.36. The quantitative estimate of drug-likeness (QED) is 0.639. The molecule has 1 aliphatic rings. The first kappa shape index (κ1) is 15.2. The van der Waals surface area contributed by atoms with Crippen LogP contribution in [0.2, 0.25) is 0 Å². The molecular formula is C12H21N7O2. The number of nitrogens with one attached hydrogen (secondary N) is 3. The monoisotopic (exact) mass is 295 g/mol. The lowest BCUT2D eigenvalue weighted by Gasteiger charge is -2.34. The SMILES string of the molecule is CNC(=O)NCC(=O)N1CCN(Cc2n[nH]c(C)n2)CC1. The maximum atomic E-state index is 11.9. The number of aromatic amines is 1. The zero-order valence-corrected chi connectivity index (χ0v) is 12.3. The highest BCUT2D eigenvalue weighted by Gasteiger charge is 2.21. The minimum atomic E-state index is -0.345. The van der Waals surface area contributed by atoms with Crippen molar-refractivity contribution in [2.45, 2.75) is 13.5 Å². The fraction of sp³-hybridized carbons (Fsp3) is 0.667. The smallest absolute Gasteiger partial charge is 0.314 e. The van der Waals surface area contributed by atoms with E-state index in [4.69, 9.17) is 0 Å². The van der Waals surface area contributed by atoms with Crippen LogP contribution < -0.4 is 10.6 Å². The van der Waals surface area contributed by atoms with Crippen LogP contribution in [0.3, 0.4) is 0 Å². The van der Waals surface area contributed by atoms with Crippen LogP contribution in [0.1, 0.15) is 11.6 Å². The van der Waals surface area contributed by atoms with Gasteiger partial charge in [0.25, 0.3) is 0 Å². The van der Waals surface area contributed by atoms with Crippen LogP contribution in [0, 0.1) is 6.92 Å². The van der Waals surface area contributed by atoms with Gasteiger partial charge in [0.2, 0.25) is 5.91 Å². The minimum Gasteiger partial charge on any atom is -0.341 e. The molecule has 0 atom stereocenters. The number of rotatable bonds is 4. The van der Waals surface area contributed by atoms with Gasteiger partial charge < -0.3 is 15.5 Å². The molecule has 0 radical (unpaired) electrons.